The van der Waals surface area contributed by atoms with Crippen LogP contribution in [0, 0.1) is 12.8 Å². The van der Waals surface area contributed by atoms with Gasteiger partial charge in [-0.1, -0.05) is 6.07 Å². The third-order valence-electron chi connectivity index (χ3n) is 4.15. The lowest BCUT2D eigenvalue weighted by Crippen LogP contribution is -2.18. The van der Waals surface area contributed by atoms with E-state index in [2.05, 4.69) is 16.5 Å². The first kappa shape index (κ1) is 13.1. The summed E-state index contributed by atoms with van der Waals surface area (Å²) in [7, 11) is 0. The van der Waals surface area contributed by atoms with Crippen LogP contribution in [0.15, 0.2) is 18.2 Å². The van der Waals surface area contributed by atoms with Gasteiger partial charge in [0.15, 0.2) is 0 Å². The first-order valence-electron chi connectivity index (χ1n) is 6.88. The number of aryl methyl sites for hydroxylation is 1. The molecule has 0 aliphatic carbocycles. The van der Waals surface area contributed by atoms with Crippen LogP contribution in [0.3, 0.4) is 0 Å². The van der Waals surface area contributed by atoms with Gasteiger partial charge in [-0.3, -0.25) is 0 Å². The van der Waals surface area contributed by atoms with Gasteiger partial charge in [-0.05, 0) is 32.4 Å². The van der Waals surface area contributed by atoms with Crippen molar-refractivity contribution in [1.82, 2.24) is 9.55 Å². The molecule has 1 N–H and O–H groups in total. The molecule has 20 heavy (non-hydrogen) atoms. The maximum absolute atomic E-state index is 11.3. The molecule has 5 nitrogen and oxygen atoms in total. The summed E-state index contributed by atoms with van der Waals surface area (Å²) in [6.45, 7) is 5.64. The SMILES string of the molecule is Cc1nc2c(C(=O)O)cccc2n1CC1CCOC1C. The number of aromatic nitrogens is 2. The molecule has 2 heterocycles. The van der Waals surface area contributed by atoms with Gasteiger partial charge in [0.2, 0.25) is 0 Å². The lowest BCUT2D eigenvalue weighted by Gasteiger charge is -2.16. The van der Waals surface area contributed by atoms with Gasteiger partial charge in [0.1, 0.15) is 11.3 Å². The summed E-state index contributed by atoms with van der Waals surface area (Å²) in [5.41, 5.74) is 1.73. The average molecular weight is 274 g/mol. The summed E-state index contributed by atoms with van der Waals surface area (Å²) in [6.07, 6.45) is 1.29. The number of nitrogens with zero attached hydrogens (tertiary/aromatic N) is 2. The number of carboxylic acids is 1. The first-order valence-corrected chi connectivity index (χ1v) is 6.88. The van der Waals surface area contributed by atoms with Crippen LogP contribution in [0.5, 0.6) is 0 Å². The number of hydrogen-bond donors (Lipinski definition) is 1. The molecule has 5 heteroatoms. The molecule has 2 unspecified atom stereocenters. The summed E-state index contributed by atoms with van der Waals surface area (Å²) < 4.78 is 7.71. The fraction of sp³-hybridized carbons (Fsp3) is 0.467. The van der Waals surface area contributed by atoms with Crippen molar-refractivity contribution in [1.29, 1.82) is 0 Å². The fourth-order valence-electron chi connectivity index (χ4n) is 2.92. The lowest BCUT2D eigenvalue weighted by atomic mass is 10.0. The number of aromatic carboxylic acids is 1. The molecule has 1 aliphatic rings. The highest BCUT2D eigenvalue weighted by Crippen LogP contribution is 2.26. The number of carbonyl (C=O) groups is 1. The quantitative estimate of drug-likeness (QED) is 0.933. The molecule has 1 aromatic heterocycles. The number of carboxylic acid groups (broad SMARTS) is 1. The minimum Gasteiger partial charge on any atom is -0.478 e. The molecular formula is C15H18N2O3. The van der Waals surface area contributed by atoms with E-state index in [-0.39, 0.29) is 11.7 Å². The highest BCUT2D eigenvalue weighted by atomic mass is 16.5. The highest BCUT2D eigenvalue weighted by molar-refractivity contribution is 6.01. The van der Waals surface area contributed by atoms with Crippen molar-refractivity contribution in [2.45, 2.75) is 32.9 Å². The van der Waals surface area contributed by atoms with E-state index in [1.807, 2.05) is 13.0 Å². The van der Waals surface area contributed by atoms with Crippen molar-refractivity contribution in [3.63, 3.8) is 0 Å². The van der Waals surface area contributed by atoms with Gasteiger partial charge < -0.3 is 14.4 Å². The molecular weight excluding hydrogens is 256 g/mol. The maximum Gasteiger partial charge on any atom is 0.337 e. The Morgan fingerprint density at radius 1 is 1.55 bits per heavy atom. The predicted molar refractivity (Wildman–Crippen MR) is 75.0 cm³/mol. The van der Waals surface area contributed by atoms with Gasteiger partial charge in [0.05, 0.1) is 17.2 Å². The largest absolute Gasteiger partial charge is 0.478 e. The Balaban J connectivity index is 2.05. The van der Waals surface area contributed by atoms with E-state index >= 15 is 0 Å². The topological polar surface area (TPSA) is 64.3 Å². The molecule has 1 aromatic carbocycles. The minimum atomic E-state index is -0.933. The number of ether oxygens (including phenoxy) is 1. The number of fused-ring (bicyclic) bond motifs is 1. The normalized spacial score (nSPS) is 22.5. The Morgan fingerprint density at radius 2 is 2.35 bits per heavy atom. The van der Waals surface area contributed by atoms with Crippen molar-refractivity contribution in [2.24, 2.45) is 5.92 Å². The predicted octanol–water partition coefficient (Wildman–Crippen LogP) is 2.47. The van der Waals surface area contributed by atoms with Crippen molar-refractivity contribution in [3.8, 4) is 0 Å². The molecule has 0 radical (unpaired) electrons. The Hall–Kier alpha value is -1.88. The molecule has 1 saturated heterocycles. The number of benzene rings is 1. The highest BCUT2D eigenvalue weighted by Gasteiger charge is 2.26. The standard InChI is InChI=1S/C15H18N2O3/c1-9-11(6-7-20-9)8-17-10(2)16-14-12(15(18)19)4-3-5-13(14)17/h3-5,9,11H,6-8H2,1-2H3,(H,18,19). The zero-order valence-corrected chi connectivity index (χ0v) is 11.7. The Kier molecular flexibility index (Phi) is 3.22. The lowest BCUT2D eigenvalue weighted by molar-refractivity contribution is 0.0699. The molecule has 2 atom stereocenters. The van der Waals surface area contributed by atoms with E-state index in [9.17, 15) is 9.90 Å². The average Bonchev–Trinajstić information content (AvgIpc) is 2.94. The number of imidazole rings is 1. The molecule has 0 bridgehead atoms. The summed E-state index contributed by atoms with van der Waals surface area (Å²) in [5, 5.41) is 9.24. The minimum absolute atomic E-state index is 0.245. The van der Waals surface area contributed by atoms with Crippen LogP contribution < -0.4 is 0 Å². The van der Waals surface area contributed by atoms with Crippen molar-refractivity contribution in [3.05, 3.63) is 29.6 Å². The summed E-state index contributed by atoms with van der Waals surface area (Å²) >= 11 is 0. The first-order chi connectivity index (χ1) is 9.58. The molecule has 2 aromatic rings. The Bertz CT molecular complexity index is 662. The van der Waals surface area contributed by atoms with Gasteiger partial charge in [0, 0.05) is 19.1 Å². The van der Waals surface area contributed by atoms with E-state index in [1.165, 1.54) is 0 Å². The second-order valence-electron chi connectivity index (χ2n) is 5.37. The molecule has 1 fully saturated rings. The number of hydrogen-bond acceptors (Lipinski definition) is 3. The summed E-state index contributed by atoms with van der Waals surface area (Å²) in [4.78, 5) is 15.7. The summed E-state index contributed by atoms with van der Waals surface area (Å²) in [6, 6.07) is 5.31. The van der Waals surface area contributed by atoms with Gasteiger partial charge >= 0.3 is 5.97 Å². The van der Waals surface area contributed by atoms with Crippen LogP contribution >= 0.6 is 0 Å². The third-order valence-corrected chi connectivity index (χ3v) is 4.15. The second-order valence-corrected chi connectivity index (χ2v) is 5.37. The summed E-state index contributed by atoms with van der Waals surface area (Å²) in [5.74, 6) is 0.380. The third kappa shape index (κ3) is 2.08. The Labute approximate surface area is 117 Å². The van der Waals surface area contributed by atoms with Crippen molar-refractivity contribution in [2.75, 3.05) is 6.61 Å². The Morgan fingerprint density at radius 3 is 3.00 bits per heavy atom. The van der Waals surface area contributed by atoms with Crippen LogP contribution in [0.2, 0.25) is 0 Å². The maximum atomic E-state index is 11.3. The molecule has 0 spiro atoms. The van der Waals surface area contributed by atoms with E-state index < -0.39 is 5.97 Å². The van der Waals surface area contributed by atoms with E-state index in [0.717, 1.165) is 30.9 Å². The molecule has 106 valence electrons. The van der Waals surface area contributed by atoms with E-state index in [0.29, 0.717) is 11.4 Å². The number of para-hydroxylation sites is 1. The smallest absolute Gasteiger partial charge is 0.337 e. The van der Waals surface area contributed by atoms with Gasteiger partial charge in [-0.25, -0.2) is 9.78 Å². The van der Waals surface area contributed by atoms with Crippen LogP contribution in [0.1, 0.15) is 29.5 Å². The molecule has 1 aliphatic heterocycles. The van der Waals surface area contributed by atoms with Gasteiger partial charge in [0.25, 0.3) is 0 Å². The molecule has 0 amide bonds. The van der Waals surface area contributed by atoms with E-state index in [4.69, 9.17) is 4.74 Å². The van der Waals surface area contributed by atoms with Crippen LogP contribution in [-0.2, 0) is 11.3 Å². The second kappa shape index (κ2) is 4.90. The van der Waals surface area contributed by atoms with Crippen molar-refractivity contribution >= 4 is 17.0 Å². The van der Waals surface area contributed by atoms with Gasteiger partial charge in [-0.15, -0.1) is 0 Å². The zero-order chi connectivity index (χ0) is 14.3. The van der Waals surface area contributed by atoms with E-state index in [1.54, 1.807) is 12.1 Å². The van der Waals surface area contributed by atoms with Crippen molar-refractivity contribution < 1.29 is 14.6 Å². The van der Waals surface area contributed by atoms with Crippen LogP contribution in [0.4, 0.5) is 0 Å². The van der Waals surface area contributed by atoms with Crippen LogP contribution in [0.25, 0.3) is 11.0 Å². The fourth-order valence-corrected chi connectivity index (χ4v) is 2.92. The number of rotatable bonds is 3. The van der Waals surface area contributed by atoms with Gasteiger partial charge in [-0.2, -0.15) is 0 Å². The monoisotopic (exact) mass is 274 g/mol. The molecule has 0 saturated carbocycles. The molecule has 3 rings (SSSR count). The van der Waals surface area contributed by atoms with Crippen LogP contribution in [-0.4, -0.2) is 33.3 Å². The zero-order valence-electron chi connectivity index (χ0n) is 11.7.